The highest BCUT2D eigenvalue weighted by Crippen LogP contribution is 2.35. The van der Waals surface area contributed by atoms with Crippen LogP contribution in [0.25, 0.3) is 11.0 Å². The molecule has 1 aliphatic rings. The van der Waals surface area contributed by atoms with Crippen molar-refractivity contribution in [1.82, 2.24) is 19.9 Å². The molecule has 1 unspecified atom stereocenters. The lowest BCUT2D eigenvalue weighted by atomic mass is 9.83. The Morgan fingerprint density at radius 1 is 1.02 bits per heavy atom. The number of aliphatic hydroxyl groups is 1. The summed E-state index contributed by atoms with van der Waals surface area (Å²) in [6, 6.07) is 20.0. The van der Waals surface area contributed by atoms with Gasteiger partial charge in [-0.05, 0) is 80.0 Å². The van der Waals surface area contributed by atoms with Crippen molar-refractivity contribution >= 4 is 23.1 Å². The average molecular weight is 629 g/mol. The maximum atomic E-state index is 13.4. The number of aromatic nitrogens is 3. The predicted molar refractivity (Wildman–Crippen MR) is 174 cm³/mol. The average Bonchev–Trinajstić information content (AvgIpc) is 3.46. The molecule has 2 heterocycles. The Hall–Kier alpha value is -4.28. The molecule has 0 aliphatic carbocycles. The van der Waals surface area contributed by atoms with E-state index in [1.165, 1.54) is 5.56 Å². The number of hydrogen-bond acceptors (Lipinski definition) is 8. The summed E-state index contributed by atoms with van der Waals surface area (Å²) in [6.45, 7) is 10.3. The molecule has 5 rings (SSSR count). The van der Waals surface area contributed by atoms with Gasteiger partial charge in [0, 0.05) is 32.2 Å². The zero-order chi connectivity index (χ0) is 32.7. The van der Waals surface area contributed by atoms with Crippen LogP contribution in [-0.2, 0) is 45.1 Å². The number of fused-ring (bicyclic) bond motifs is 2. The molecule has 0 fully saturated rings. The standard InChI is InChI=1S/C36H44N4O6/c1-25-30(13-14-32-34(25)37-38-40(32)16-8-19-44-20-18-41)31(22-33(42)45-24-26-9-6-5-7-10-26)28-12-11-27-15-17-39(23-29(27)21-28)35(43)46-36(2,3)4/h5-7,9-14,21,31,41H,8,15-20,22-24H2,1-4H3. The monoisotopic (exact) mass is 628 g/mol. The minimum atomic E-state index is -0.573. The molecule has 10 heteroatoms. The fraction of sp³-hybridized carbons (Fsp3) is 0.444. The molecule has 1 atom stereocenters. The number of carbonyl (C=O) groups is 2. The summed E-state index contributed by atoms with van der Waals surface area (Å²) in [4.78, 5) is 28.0. The second kappa shape index (κ2) is 14.9. The van der Waals surface area contributed by atoms with Crippen molar-refractivity contribution in [3.8, 4) is 0 Å². The number of carbonyl (C=O) groups excluding carboxylic acids is 2. The zero-order valence-corrected chi connectivity index (χ0v) is 27.2. The van der Waals surface area contributed by atoms with Crippen LogP contribution in [0.5, 0.6) is 0 Å². The molecule has 1 aliphatic heterocycles. The molecule has 1 amide bonds. The summed E-state index contributed by atoms with van der Waals surface area (Å²) in [7, 11) is 0. The number of amides is 1. The van der Waals surface area contributed by atoms with Gasteiger partial charge in [0.1, 0.15) is 17.7 Å². The molecule has 0 spiro atoms. The fourth-order valence-electron chi connectivity index (χ4n) is 5.86. The van der Waals surface area contributed by atoms with Gasteiger partial charge in [-0.1, -0.05) is 59.8 Å². The Kier molecular flexibility index (Phi) is 10.7. The maximum absolute atomic E-state index is 13.4. The van der Waals surface area contributed by atoms with Crippen molar-refractivity contribution in [2.24, 2.45) is 0 Å². The smallest absolute Gasteiger partial charge is 0.410 e. The van der Waals surface area contributed by atoms with Gasteiger partial charge >= 0.3 is 12.1 Å². The lowest BCUT2D eigenvalue weighted by Gasteiger charge is -2.32. The van der Waals surface area contributed by atoms with E-state index in [0.717, 1.165) is 51.7 Å². The molecule has 0 radical (unpaired) electrons. The lowest BCUT2D eigenvalue weighted by molar-refractivity contribution is -0.145. The number of aliphatic hydroxyl groups excluding tert-OH is 1. The van der Waals surface area contributed by atoms with Gasteiger partial charge in [0.15, 0.2) is 0 Å². The van der Waals surface area contributed by atoms with Crippen molar-refractivity contribution < 1.29 is 28.9 Å². The molecule has 0 saturated carbocycles. The lowest BCUT2D eigenvalue weighted by Crippen LogP contribution is -2.39. The highest BCUT2D eigenvalue weighted by molar-refractivity contribution is 5.80. The molecule has 1 N–H and O–H groups in total. The highest BCUT2D eigenvalue weighted by atomic mass is 16.6. The molecule has 244 valence electrons. The SMILES string of the molecule is Cc1c(C(CC(=O)OCc2ccccc2)c2ccc3c(c2)CN(C(=O)OC(C)(C)C)CC3)ccc2c1nnn2CCCOCCO. The van der Waals surface area contributed by atoms with Gasteiger partial charge in [0.05, 0.1) is 25.2 Å². The molecular formula is C36H44N4O6. The second-order valence-corrected chi connectivity index (χ2v) is 12.7. The predicted octanol–water partition coefficient (Wildman–Crippen LogP) is 5.70. The minimum Gasteiger partial charge on any atom is -0.461 e. The Balaban J connectivity index is 1.42. The molecule has 3 aromatic carbocycles. The van der Waals surface area contributed by atoms with Crippen molar-refractivity contribution in [1.29, 1.82) is 0 Å². The first kappa shape index (κ1) is 33.1. The van der Waals surface area contributed by atoms with Crippen LogP contribution in [-0.4, -0.2) is 69.0 Å². The molecule has 46 heavy (non-hydrogen) atoms. The van der Waals surface area contributed by atoms with E-state index in [2.05, 4.69) is 34.6 Å². The van der Waals surface area contributed by atoms with E-state index >= 15 is 0 Å². The largest absolute Gasteiger partial charge is 0.461 e. The van der Waals surface area contributed by atoms with Crippen LogP contribution in [0.4, 0.5) is 4.79 Å². The quantitative estimate of drug-likeness (QED) is 0.157. The minimum absolute atomic E-state index is 0.00140. The molecule has 1 aromatic heterocycles. The fourth-order valence-corrected chi connectivity index (χ4v) is 5.86. The van der Waals surface area contributed by atoms with Crippen LogP contribution >= 0.6 is 0 Å². The number of rotatable bonds is 12. The van der Waals surface area contributed by atoms with E-state index in [1.54, 1.807) is 4.90 Å². The van der Waals surface area contributed by atoms with Crippen LogP contribution in [0.2, 0.25) is 0 Å². The summed E-state index contributed by atoms with van der Waals surface area (Å²) in [5.74, 6) is -0.597. The third-order valence-corrected chi connectivity index (χ3v) is 8.16. The first-order valence-corrected chi connectivity index (χ1v) is 15.9. The van der Waals surface area contributed by atoms with Gasteiger partial charge in [-0.2, -0.15) is 0 Å². The van der Waals surface area contributed by atoms with Crippen LogP contribution in [0.3, 0.4) is 0 Å². The first-order valence-electron chi connectivity index (χ1n) is 15.9. The van der Waals surface area contributed by atoms with E-state index in [9.17, 15) is 9.59 Å². The third kappa shape index (κ3) is 8.30. The maximum Gasteiger partial charge on any atom is 0.410 e. The number of hydrogen-bond donors (Lipinski definition) is 1. The Morgan fingerprint density at radius 3 is 2.59 bits per heavy atom. The number of aryl methyl sites for hydroxylation is 2. The van der Waals surface area contributed by atoms with E-state index in [1.807, 2.05) is 68.8 Å². The third-order valence-electron chi connectivity index (χ3n) is 8.16. The summed E-state index contributed by atoms with van der Waals surface area (Å²) >= 11 is 0. The van der Waals surface area contributed by atoms with Crippen LogP contribution < -0.4 is 0 Å². The number of ether oxygens (including phenoxy) is 3. The number of benzene rings is 3. The molecule has 0 bridgehead atoms. The molecule has 0 saturated heterocycles. The number of nitrogens with zero attached hydrogens (tertiary/aromatic N) is 4. The molecule has 10 nitrogen and oxygen atoms in total. The Morgan fingerprint density at radius 2 is 1.83 bits per heavy atom. The van der Waals surface area contributed by atoms with E-state index < -0.39 is 5.60 Å². The summed E-state index contributed by atoms with van der Waals surface area (Å²) in [5.41, 5.74) is 7.18. The Bertz CT molecular complexity index is 1650. The van der Waals surface area contributed by atoms with Gasteiger partial charge in [0.2, 0.25) is 0 Å². The number of esters is 1. The summed E-state index contributed by atoms with van der Waals surface area (Å²) in [6.07, 6.45) is 1.29. The topological polar surface area (TPSA) is 116 Å². The van der Waals surface area contributed by atoms with E-state index in [4.69, 9.17) is 19.3 Å². The van der Waals surface area contributed by atoms with E-state index in [0.29, 0.717) is 32.8 Å². The first-order chi connectivity index (χ1) is 22.1. The van der Waals surface area contributed by atoms with Gasteiger partial charge < -0.3 is 24.2 Å². The second-order valence-electron chi connectivity index (χ2n) is 12.7. The van der Waals surface area contributed by atoms with E-state index in [-0.39, 0.29) is 37.6 Å². The van der Waals surface area contributed by atoms with Gasteiger partial charge in [-0.25, -0.2) is 9.48 Å². The Labute approximate surface area is 270 Å². The van der Waals surface area contributed by atoms with Gasteiger partial charge in [-0.15, -0.1) is 5.10 Å². The molecular weight excluding hydrogens is 584 g/mol. The van der Waals surface area contributed by atoms with Crippen LogP contribution in [0, 0.1) is 6.92 Å². The van der Waals surface area contributed by atoms with Crippen molar-refractivity contribution in [2.45, 2.75) is 78.2 Å². The van der Waals surface area contributed by atoms with Crippen LogP contribution in [0.15, 0.2) is 60.7 Å². The van der Waals surface area contributed by atoms with Gasteiger partial charge in [0.25, 0.3) is 0 Å². The normalized spacial score (nSPS) is 13.8. The van der Waals surface area contributed by atoms with Gasteiger partial charge in [-0.3, -0.25) is 4.79 Å². The summed E-state index contributed by atoms with van der Waals surface area (Å²) < 4.78 is 18.7. The zero-order valence-electron chi connectivity index (χ0n) is 27.2. The van der Waals surface area contributed by atoms with Crippen molar-refractivity contribution in [2.75, 3.05) is 26.4 Å². The van der Waals surface area contributed by atoms with Crippen LogP contribution in [0.1, 0.15) is 72.9 Å². The summed E-state index contributed by atoms with van der Waals surface area (Å²) in [5, 5.41) is 17.8. The highest BCUT2D eigenvalue weighted by Gasteiger charge is 2.28. The molecule has 4 aromatic rings. The van der Waals surface area contributed by atoms with Crippen molar-refractivity contribution in [3.05, 3.63) is 94.0 Å². The van der Waals surface area contributed by atoms with Crippen molar-refractivity contribution in [3.63, 3.8) is 0 Å².